The van der Waals surface area contributed by atoms with E-state index in [1.807, 2.05) is 0 Å². The van der Waals surface area contributed by atoms with Gasteiger partial charge in [-0.2, -0.15) is 13.2 Å². The van der Waals surface area contributed by atoms with Crippen LogP contribution in [0, 0.1) is 0 Å². The molecule has 0 aliphatic rings. The number of alkyl halides is 4. The van der Waals surface area contributed by atoms with E-state index >= 15 is 0 Å². The Balaban J connectivity index is 3.41. The van der Waals surface area contributed by atoms with Gasteiger partial charge in [-0.1, -0.05) is 37.9 Å². The first kappa shape index (κ1) is 13.7. The predicted octanol–water partition coefficient (Wildman–Crippen LogP) is 4.49. The average Bonchev–Trinajstić information content (AvgIpc) is 2.14. The number of hydrogen-bond acceptors (Lipinski definition) is 1. The Morgan fingerprint density at radius 1 is 1.38 bits per heavy atom. The molecule has 0 radical (unpaired) electrons. The highest BCUT2D eigenvalue weighted by atomic mass is 79.9. The largest absolute Gasteiger partial charge is 0.416 e. The summed E-state index contributed by atoms with van der Waals surface area (Å²) in [5, 5.41) is 0. The van der Waals surface area contributed by atoms with E-state index in [2.05, 4.69) is 31.9 Å². The van der Waals surface area contributed by atoms with Crippen LogP contribution in [0.1, 0.15) is 22.9 Å². The molecule has 1 aromatic carbocycles. The number of hydrogen-bond donors (Lipinski definition) is 0. The lowest BCUT2D eigenvalue weighted by atomic mass is 10.0. The topological polar surface area (TPSA) is 17.1 Å². The van der Waals surface area contributed by atoms with E-state index in [0.29, 0.717) is 0 Å². The van der Waals surface area contributed by atoms with Gasteiger partial charge >= 0.3 is 6.18 Å². The smallest absolute Gasteiger partial charge is 0.298 e. The highest BCUT2D eigenvalue weighted by Crippen LogP contribution is 2.41. The SMILES string of the molecule is CC(=O)C(Br)c1c(Br)cccc1C(F)(F)F. The normalized spacial score (nSPS) is 13.6. The molecule has 0 aliphatic carbocycles. The Labute approximate surface area is 107 Å². The second-order valence-corrected chi connectivity index (χ2v) is 4.94. The lowest BCUT2D eigenvalue weighted by Crippen LogP contribution is -2.13. The van der Waals surface area contributed by atoms with Crippen LogP contribution in [0.3, 0.4) is 0 Å². The summed E-state index contributed by atoms with van der Waals surface area (Å²) in [6, 6.07) is 3.72. The van der Waals surface area contributed by atoms with E-state index in [0.717, 1.165) is 6.07 Å². The average molecular weight is 360 g/mol. The summed E-state index contributed by atoms with van der Waals surface area (Å²) >= 11 is 5.99. The fourth-order valence-corrected chi connectivity index (χ4v) is 2.64. The molecular weight excluding hydrogens is 353 g/mol. The van der Waals surface area contributed by atoms with Gasteiger partial charge in [-0.15, -0.1) is 0 Å². The first-order valence-electron chi connectivity index (χ1n) is 4.25. The molecule has 1 atom stereocenters. The summed E-state index contributed by atoms with van der Waals surface area (Å²) < 4.78 is 38.4. The molecule has 1 nitrogen and oxygen atoms in total. The highest BCUT2D eigenvalue weighted by Gasteiger charge is 2.36. The summed E-state index contributed by atoms with van der Waals surface area (Å²) in [6.45, 7) is 1.24. The minimum atomic E-state index is -4.47. The van der Waals surface area contributed by atoms with E-state index in [9.17, 15) is 18.0 Å². The third-order valence-corrected chi connectivity index (χ3v) is 3.76. The zero-order valence-corrected chi connectivity index (χ0v) is 11.3. The molecule has 1 rings (SSSR count). The van der Waals surface area contributed by atoms with Crippen molar-refractivity contribution in [2.24, 2.45) is 0 Å². The van der Waals surface area contributed by atoms with Gasteiger partial charge in [0.25, 0.3) is 0 Å². The summed E-state index contributed by atoms with van der Waals surface area (Å²) in [6.07, 6.45) is -4.47. The maximum Gasteiger partial charge on any atom is 0.416 e. The van der Waals surface area contributed by atoms with Crippen LogP contribution in [0.5, 0.6) is 0 Å². The monoisotopic (exact) mass is 358 g/mol. The molecule has 0 spiro atoms. The maximum absolute atomic E-state index is 12.7. The number of halogens is 5. The molecule has 0 fully saturated rings. The van der Waals surface area contributed by atoms with Crippen molar-refractivity contribution in [2.45, 2.75) is 17.9 Å². The first-order valence-corrected chi connectivity index (χ1v) is 5.96. The standard InChI is InChI=1S/C10H7Br2F3O/c1-5(16)9(12)8-6(10(13,14)15)3-2-4-7(8)11/h2-4,9H,1H3. The van der Waals surface area contributed by atoms with E-state index in [1.54, 1.807) is 0 Å². The molecular formula is C10H7Br2F3O. The fraction of sp³-hybridized carbons (Fsp3) is 0.300. The van der Waals surface area contributed by atoms with Crippen LogP contribution in [0.2, 0.25) is 0 Å². The van der Waals surface area contributed by atoms with Crippen molar-refractivity contribution in [3.63, 3.8) is 0 Å². The zero-order chi connectivity index (χ0) is 12.5. The van der Waals surface area contributed by atoms with Crippen LogP contribution in [-0.2, 0) is 11.0 Å². The van der Waals surface area contributed by atoms with Gasteiger partial charge in [0.05, 0.1) is 10.4 Å². The lowest BCUT2D eigenvalue weighted by Gasteiger charge is -2.16. The molecule has 6 heteroatoms. The van der Waals surface area contributed by atoms with Gasteiger partial charge in [0.1, 0.15) is 5.78 Å². The van der Waals surface area contributed by atoms with E-state index in [1.165, 1.54) is 19.1 Å². The van der Waals surface area contributed by atoms with E-state index in [-0.39, 0.29) is 15.8 Å². The van der Waals surface area contributed by atoms with E-state index in [4.69, 9.17) is 0 Å². The molecule has 0 heterocycles. The van der Waals surface area contributed by atoms with Crippen LogP contribution >= 0.6 is 31.9 Å². The van der Waals surface area contributed by atoms with Crippen molar-refractivity contribution in [3.8, 4) is 0 Å². The highest BCUT2D eigenvalue weighted by molar-refractivity contribution is 9.11. The Morgan fingerprint density at radius 3 is 2.38 bits per heavy atom. The molecule has 0 N–H and O–H groups in total. The van der Waals surface area contributed by atoms with Crippen LogP contribution in [0.25, 0.3) is 0 Å². The number of benzene rings is 1. The third kappa shape index (κ3) is 2.85. The van der Waals surface area contributed by atoms with Gasteiger partial charge in [0.15, 0.2) is 0 Å². The molecule has 0 amide bonds. The molecule has 0 aromatic heterocycles. The van der Waals surface area contributed by atoms with Crippen molar-refractivity contribution < 1.29 is 18.0 Å². The molecule has 0 aliphatic heterocycles. The van der Waals surface area contributed by atoms with Gasteiger partial charge in [-0.25, -0.2) is 0 Å². The van der Waals surface area contributed by atoms with Crippen molar-refractivity contribution in [1.82, 2.24) is 0 Å². The van der Waals surface area contributed by atoms with Crippen molar-refractivity contribution in [1.29, 1.82) is 0 Å². The predicted molar refractivity (Wildman–Crippen MR) is 61.5 cm³/mol. The molecule has 0 bridgehead atoms. The third-order valence-electron chi connectivity index (χ3n) is 1.97. The van der Waals surface area contributed by atoms with Crippen molar-refractivity contribution >= 4 is 37.6 Å². The number of carbonyl (C=O) groups excluding carboxylic acids is 1. The number of Topliss-reactive ketones (excluding diaryl/α,β-unsaturated/α-hetero) is 1. The van der Waals surface area contributed by atoms with Crippen LogP contribution in [0.4, 0.5) is 13.2 Å². The lowest BCUT2D eigenvalue weighted by molar-refractivity contribution is -0.138. The molecule has 0 saturated carbocycles. The van der Waals surface area contributed by atoms with Crippen LogP contribution < -0.4 is 0 Å². The molecule has 88 valence electrons. The maximum atomic E-state index is 12.7. The second kappa shape index (κ2) is 4.87. The minimum absolute atomic E-state index is 0.0810. The summed E-state index contributed by atoms with van der Waals surface area (Å²) in [5.41, 5.74) is -0.888. The zero-order valence-electron chi connectivity index (χ0n) is 8.11. The van der Waals surface area contributed by atoms with Crippen molar-refractivity contribution in [2.75, 3.05) is 0 Å². The molecule has 1 aromatic rings. The molecule has 1 unspecified atom stereocenters. The van der Waals surface area contributed by atoms with Gasteiger partial charge in [-0.3, -0.25) is 4.79 Å². The Kier molecular flexibility index (Phi) is 4.17. The summed E-state index contributed by atoms with van der Waals surface area (Å²) in [5.74, 6) is -0.377. The summed E-state index contributed by atoms with van der Waals surface area (Å²) in [7, 11) is 0. The minimum Gasteiger partial charge on any atom is -0.298 e. The van der Waals surface area contributed by atoms with Gasteiger partial charge in [0.2, 0.25) is 0 Å². The fourth-order valence-electron chi connectivity index (χ4n) is 1.25. The Bertz CT molecular complexity index is 415. The van der Waals surface area contributed by atoms with Gasteiger partial charge in [0, 0.05) is 4.47 Å². The number of carbonyl (C=O) groups is 1. The van der Waals surface area contributed by atoms with Crippen LogP contribution in [0.15, 0.2) is 22.7 Å². The van der Waals surface area contributed by atoms with E-state index < -0.39 is 16.6 Å². The number of ketones is 1. The van der Waals surface area contributed by atoms with Gasteiger partial charge < -0.3 is 0 Å². The quantitative estimate of drug-likeness (QED) is 0.711. The van der Waals surface area contributed by atoms with Gasteiger partial charge in [-0.05, 0) is 24.6 Å². The first-order chi connectivity index (χ1) is 7.25. The van der Waals surface area contributed by atoms with Crippen LogP contribution in [-0.4, -0.2) is 5.78 Å². The van der Waals surface area contributed by atoms with Crippen molar-refractivity contribution in [3.05, 3.63) is 33.8 Å². The molecule has 0 saturated heterocycles. The Hall–Kier alpha value is -0.360. The Morgan fingerprint density at radius 2 is 1.94 bits per heavy atom. The summed E-state index contributed by atoms with van der Waals surface area (Å²) in [4.78, 5) is 10.2. The number of rotatable bonds is 2. The second-order valence-electron chi connectivity index (χ2n) is 3.17. The molecule has 16 heavy (non-hydrogen) atoms.